The molecule has 0 fully saturated rings. The lowest BCUT2D eigenvalue weighted by molar-refractivity contribution is 0.0968. The zero-order valence-electron chi connectivity index (χ0n) is 6.92. The van der Waals surface area contributed by atoms with E-state index in [0.717, 1.165) is 0 Å². The summed E-state index contributed by atoms with van der Waals surface area (Å²) in [5.74, 6) is -0.203. The molecule has 5 heteroatoms. The SMILES string of the molecule is CC(N)C(=O)c1cc(Cl)nc(Cl)c1. The van der Waals surface area contributed by atoms with Gasteiger partial charge in [0.25, 0.3) is 0 Å². The van der Waals surface area contributed by atoms with Crippen molar-refractivity contribution in [2.24, 2.45) is 5.73 Å². The summed E-state index contributed by atoms with van der Waals surface area (Å²) in [6.45, 7) is 1.60. The quantitative estimate of drug-likeness (QED) is 0.610. The number of pyridine rings is 1. The third-order valence-corrected chi connectivity index (χ3v) is 1.85. The average molecular weight is 219 g/mol. The molecule has 1 heterocycles. The van der Waals surface area contributed by atoms with Gasteiger partial charge in [-0.25, -0.2) is 4.98 Å². The molecule has 0 aromatic carbocycles. The monoisotopic (exact) mass is 218 g/mol. The molecule has 0 bridgehead atoms. The van der Waals surface area contributed by atoms with E-state index in [2.05, 4.69) is 4.98 Å². The highest BCUT2D eigenvalue weighted by Gasteiger charge is 2.12. The van der Waals surface area contributed by atoms with Crippen molar-refractivity contribution in [1.29, 1.82) is 0 Å². The van der Waals surface area contributed by atoms with Gasteiger partial charge >= 0.3 is 0 Å². The second-order valence-electron chi connectivity index (χ2n) is 2.65. The third-order valence-electron chi connectivity index (χ3n) is 1.46. The Morgan fingerprint density at radius 2 is 1.92 bits per heavy atom. The molecule has 1 atom stereocenters. The lowest BCUT2D eigenvalue weighted by Gasteiger charge is -2.04. The van der Waals surface area contributed by atoms with Gasteiger partial charge in [0.1, 0.15) is 10.3 Å². The Morgan fingerprint density at radius 1 is 1.46 bits per heavy atom. The molecule has 0 aliphatic heterocycles. The number of Topliss-reactive ketones (excluding diaryl/α,β-unsaturated/α-hetero) is 1. The number of halogens is 2. The summed E-state index contributed by atoms with van der Waals surface area (Å²) < 4.78 is 0. The van der Waals surface area contributed by atoms with Gasteiger partial charge in [-0.3, -0.25) is 4.79 Å². The minimum Gasteiger partial charge on any atom is -0.321 e. The molecule has 0 spiro atoms. The number of nitrogens with two attached hydrogens (primary N) is 1. The van der Waals surface area contributed by atoms with Crippen molar-refractivity contribution in [2.45, 2.75) is 13.0 Å². The normalized spacial score (nSPS) is 12.6. The Hall–Kier alpha value is -0.640. The van der Waals surface area contributed by atoms with Crippen LogP contribution in [0, 0.1) is 0 Å². The number of aromatic nitrogens is 1. The first-order chi connectivity index (χ1) is 6.00. The molecule has 0 radical (unpaired) electrons. The second-order valence-corrected chi connectivity index (χ2v) is 3.43. The van der Waals surface area contributed by atoms with E-state index in [9.17, 15) is 4.79 Å². The molecular formula is C8H8Cl2N2O. The molecule has 0 aliphatic carbocycles. The maximum absolute atomic E-state index is 11.4. The standard InChI is InChI=1S/C8H8Cl2N2O/c1-4(11)8(13)5-2-6(9)12-7(10)3-5/h2-4H,11H2,1H3. The minimum absolute atomic E-state index is 0.191. The molecule has 2 N–H and O–H groups in total. The maximum Gasteiger partial charge on any atom is 0.179 e. The van der Waals surface area contributed by atoms with Gasteiger partial charge in [-0.2, -0.15) is 0 Å². The summed E-state index contributed by atoms with van der Waals surface area (Å²) in [7, 11) is 0. The van der Waals surface area contributed by atoms with Crippen LogP contribution in [0.15, 0.2) is 12.1 Å². The van der Waals surface area contributed by atoms with Crippen LogP contribution in [-0.4, -0.2) is 16.8 Å². The van der Waals surface area contributed by atoms with Gasteiger partial charge < -0.3 is 5.73 Å². The highest BCUT2D eigenvalue weighted by Crippen LogP contribution is 2.15. The van der Waals surface area contributed by atoms with Gasteiger partial charge in [0.2, 0.25) is 0 Å². The Bertz CT molecular complexity index is 319. The van der Waals surface area contributed by atoms with Crippen LogP contribution in [0.3, 0.4) is 0 Å². The van der Waals surface area contributed by atoms with E-state index in [0.29, 0.717) is 5.56 Å². The molecule has 70 valence electrons. The summed E-state index contributed by atoms with van der Waals surface area (Å²) in [5, 5.41) is 0.382. The molecule has 0 amide bonds. The van der Waals surface area contributed by atoms with Crippen LogP contribution < -0.4 is 5.73 Å². The van der Waals surface area contributed by atoms with Crippen LogP contribution in [0.2, 0.25) is 10.3 Å². The molecule has 0 aliphatic rings. The Morgan fingerprint density at radius 3 is 2.31 bits per heavy atom. The number of hydrogen-bond donors (Lipinski definition) is 1. The van der Waals surface area contributed by atoms with Crippen molar-refractivity contribution in [3.63, 3.8) is 0 Å². The minimum atomic E-state index is -0.561. The number of carbonyl (C=O) groups excluding carboxylic acids is 1. The molecule has 1 unspecified atom stereocenters. The van der Waals surface area contributed by atoms with Crippen LogP contribution in [-0.2, 0) is 0 Å². The van der Waals surface area contributed by atoms with Crippen LogP contribution in [0.5, 0.6) is 0 Å². The zero-order valence-corrected chi connectivity index (χ0v) is 8.43. The van der Waals surface area contributed by atoms with E-state index in [-0.39, 0.29) is 16.1 Å². The Labute approximate surface area is 85.9 Å². The lowest BCUT2D eigenvalue weighted by atomic mass is 10.1. The van der Waals surface area contributed by atoms with E-state index in [1.165, 1.54) is 12.1 Å². The summed E-state index contributed by atoms with van der Waals surface area (Å²) in [6.07, 6.45) is 0. The largest absolute Gasteiger partial charge is 0.321 e. The molecule has 0 saturated heterocycles. The summed E-state index contributed by atoms with van der Waals surface area (Å²) in [6, 6.07) is 2.33. The van der Waals surface area contributed by atoms with E-state index in [1.54, 1.807) is 6.92 Å². The van der Waals surface area contributed by atoms with Crippen molar-refractivity contribution < 1.29 is 4.79 Å². The number of rotatable bonds is 2. The lowest BCUT2D eigenvalue weighted by Crippen LogP contribution is -2.26. The van der Waals surface area contributed by atoms with E-state index in [4.69, 9.17) is 28.9 Å². The molecule has 3 nitrogen and oxygen atoms in total. The first kappa shape index (κ1) is 10.4. The maximum atomic E-state index is 11.4. The molecule has 1 aromatic heterocycles. The molecule has 1 aromatic rings. The van der Waals surface area contributed by atoms with Gasteiger partial charge in [-0.15, -0.1) is 0 Å². The zero-order chi connectivity index (χ0) is 10.0. The first-order valence-corrected chi connectivity index (χ1v) is 4.39. The predicted octanol–water partition coefficient (Wildman–Crippen LogP) is 1.92. The van der Waals surface area contributed by atoms with Gasteiger partial charge in [0, 0.05) is 5.56 Å². The van der Waals surface area contributed by atoms with Gasteiger partial charge in [-0.05, 0) is 19.1 Å². The van der Waals surface area contributed by atoms with Gasteiger partial charge in [0.15, 0.2) is 5.78 Å². The number of ketones is 1. The van der Waals surface area contributed by atoms with Gasteiger partial charge in [-0.1, -0.05) is 23.2 Å². The van der Waals surface area contributed by atoms with Crippen LogP contribution in [0.1, 0.15) is 17.3 Å². The van der Waals surface area contributed by atoms with E-state index in [1.807, 2.05) is 0 Å². The van der Waals surface area contributed by atoms with Crippen molar-refractivity contribution >= 4 is 29.0 Å². The highest BCUT2D eigenvalue weighted by atomic mass is 35.5. The summed E-state index contributed by atoms with van der Waals surface area (Å²) in [4.78, 5) is 15.1. The number of hydrogen-bond acceptors (Lipinski definition) is 3. The van der Waals surface area contributed by atoms with Crippen molar-refractivity contribution in [3.8, 4) is 0 Å². The number of carbonyl (C=O) groups is 1. The Balaban J connectivity index is 3.08. The predicted molar refractivity (Wildman–Crippen MR) is 52.2 cm³/mol. The topological polar surface area (TPSA) is 56.0 Å². The number of nitrogens with zero attached hydrogens (tertiary/aromatic N) is 1. The van der Waals surface area contributed by atoms with E-state index < -0.39 is 6.04 Å². The van der Waals surface area contributed by atoms with Crippen LogP contribution in [0.4, 0.5) is 0 Å². The molecular weight excluding hydrogens is 211 g/mol. The van der Waals surface area contributed by atoms with Crippen molar-refractivity contribution in [3.05, 3.63) is 28.0 Å². The molecule has 0 saturated carbocycles. The molecule has 13 heavy (non-hydrogen) atoms. The van der Waals surface area contributed by atoms with E-state index >= 15 is 0 Å². The van der Waals surface area contributed by atoms with Crippen molar-refractivity contribution in [1.82, 2.24) is 4.98 Å². The highest BCUT2D eigenvalue weighted by molar-refractivity contribution is 6.33. The molecule has 1 rings (SSSR count). The summed E-state index contributed by atoms with van der Waals surface area (Å²) >= 11 is 11.2. The third kappa shape index (κ3) is 2.66. The smallest absolute Gasteiger partial charge is 0.179 e. The average Bonchev–Trinajstić information content (AvgIpc) is 2.01. The van der Waals surface area contributed by atoms with Crippen molar-refractivity contribution in [2.75, 3.05) is 0 Å². The van der Waals surface area contributed by atoms with Gasteiger partial charge in [0.05, 0.1) is 6.04 Å². The second kappa shape index (κ2) is 4.05. The first-order valence-electron chi connectivity index (χ1n) is 3.63. The Kier molecular flexibility index (Phi) is 3.25. The van der Waals surface area contributed by atoms with Crippen LogP contribution >= 0.6 is 23.2 Å². The summed E-state index contributed by atoms with van der Waals surface area (Å²) in [5.41, 5.74) is 5.80. The fourth-order valence-corrected chi connectivity index (χ4v) is 1.33. The fourth-order valence-electron chi connectivity index (χ4n) is 0.870. The van der Waals surface area contributed by atoms with Crippen LogP contribution in [0.25, 0.3) is 0 Å². The fraction of sp³-hybridized carbons (Fsp3) is 0.250.